The number of phenols is 1. The fourth-order valence-electron chi connectivity index (χ4n) is 3.91. The maximum absolute atomic E-state index is 13.2. The predicted molar refractivity (Wildman–Crippen MR) is 128 cm³/mol. The Morgan fingerprint density at radius 1 is 1.06 bits per heavy atom. The van der Waals surface area contributed by atoms with E-state index in [1.165, 1.54) is 11.6 Å². The number of nitrogens with one attached hydrogen (secondary N) is 1. The van der Waals surface area contributed by atoms with Crippen molar-refractivity contribution >= 4 is 45.4 Å². The molecule has 0 aliphatic carbocycles. The Labute approximate surface area is 195 Å². The average Bonchev–Trinajstić information content (AvgIpc) is 2.75. The van der Waals surface area contributed by atoms with Crippen molar-refractivity contribution in [1.29, 1.82) is 0 Å². The van der Waals surface area contributed by atoms with Crippen LogP contribution in [0.1, 0.15) is 23.1 Å². The number of fused-ring (bicyclic) bond motifs is 2. The summed E-state index contributed by atoms with van der Waals surface area (Å²) in [4.78, 5) is 4.00. The second-order valence-electron chi connectivity index (χ2n) is 7.67. The van der Waals surface area contributed by atoms with E-state index >= 15 is 0 Å². The van der Waals surface area contributed by atoms with Gasteiger partial charge in [-0.1, -0.05) is 41.4 Å². The lowest BCUT2D eigenvalue weighted by molar-refractivity contribution is 0.464. The van der Waals surface area contributed by atoms with E-state index in [2.05, 4.69) is 24.1 Å². The molecule has 1 aliphatic heterocycles. The lowest BCUT2D eigenvalue weighted by Crippen LogP contribution is -2.28. The van der Waals surface area contributed by atoms with Crippen molar-refractivity contribution in [2.75, 3.05) is 18.0 Å². The zero-order valence-electron chi connectivity index (χ0n) is 17.4. The first-order chi connectivity index (χ1) is 14.9. The summed E-state index contributed by atoms with van der Waals surface area (Å²) in [6, 6.07) is 15.2. The molecule has 0 saturated carbocycles. The molecule has 3 aromatic carbocycles. The molecular formula is C24H24Cl2N2O2S. The smallest absolute Gasteiger partial charge is 0.138 e. The fourth-order valence-corrected chi connectivity index (χ4v) is 5.88. The van der Waals surface area contributed by atoms with E-state index in [0.717, 1.165) is 46.2 Å². The van der Waals surface area contributed by atoms with Gasteiger partial charge < -0.3 is 15.3 Å². The van der Waals surface area contributed by atoms with Crippen LogP contribution in [0.2, 0.25) is 10.0 Å². The summed E-state index contributed by atoms with van der Waals surface area (Å²) in [5.41, 5.74) is 5.07. The lowest BCUT2D eigenvalue weighted by atomic mass is 10.1. The van der Waals surface area contributed by atoms with Gasteiger partial charge in [-0.15, -0.1) is 0 Å². The number of aryl methyl sites for hydroxylation is 1. The Kier molecular flexibility index (Phi) is 6.58. The average molecular weight is 475 g/mol. The van der Waals surface area contributed by atoms with Crippen molar-refractivity contribution < 1.29 is 9.32 Å². The fraction of sp³-hybridized carbons (Fsp3) is 0.250. The van der Waals surface area contributed by atoms with Gasteiger partial charge in [0.25, 0.3) is 0 Å². The molecule has 3 aromatic rings. The van der Waals surface area contributed by atoms with Gasteiger partial charge in [0.05, 0.1) is 37.0 Å². The Morgan fingerprint density at radius 3 is 2.65 bits per heavy atom. The Hall–Kier alpha value is -2.05. The summed E-state index contributed by atoms with van der Waals surface area (Å²) in [6.07, 6.45) is 0.864. The van der Waals surface area contributed by atoms with Crippen molar-refractivity contribution in [3.8, 4) is 5.75 Å². The van der Waals surface area contributed by atoms with Crippen molar-refractivity contribution in [2.45, 2.75) is 36.6 Å². The van der Waals surface area contributed by atoms with E-state index in [0.29, 0.717) is 17.1 Å². The molecule has 162 valence electrons. The number of anilines is 2. The zero-order chi connectivity index (χ0) is 22.1. The molecule has 0 saturated heterocycles. The predicted octanol–water partition coefficient (Wildman–Crippen LogP) is 6.11. The monoisotopic (exact) mass is 474 g/mol. The quantitative estimate of drug-likeness (QED) is 0.422. The normalized spacial score (nSPS) is 15.0. The molecular weight excluding hydrogens is 451 g/mol. The highest BCUT2D eigenvalue weighted by Gasteiger charge is 2.29. The highest BCUT2D eigenvalue weighted by Crippen LogP contribution is 2.44. The number of nitrogens with zero attached hydrogens (tertiary/aromatic N) is 1. The van der Waals surface area contributed by atoms with Gasteiger partial charge in [-0.25, -0.2) is 4.21 Å². The molecule has 7 heteroatoms. The molecule has 1 unspecified atom stereocenters. The molecule has 1 aliphatic rings. The highest BCUT2D eigenvalue weighted by atomic mass is 35.5. The van der Waals surface area contributed by atoms with Gasteiger partial charge in [-0.2, -0.15) is 0 Å². The number of halogens is 2. The van der Waals surface area contributed by atoms with E-state index < -0.39 is 10.8 Å². The first-order valence-electron chi connectivity index (χ1n) is 10.1. The third kappa shape index (κ3) is 4.33. The van der Waals surface area contributed by atoms with Crippen LogP contribution in [0.4, 0.5) is 11.4 Å². The van der Waals surface area contributed by atoms with Gasteiger partial charge in [0.2, 0.25) is 0 Å². The van der Waals surface area contributed by atoms with Gasteiger partial charge in [0, 0.05) is 23.7 Å². The Bertz CT molecular complexity index is 1170. The molecule has 0 aromatic heterocycles. The maximum Gasteiger partial charge on any atom is 0.138 e. The van der Waals surface area contributed by atoms with Gasteiger partial charge >= 0.3 is 0 Å². The van der Waals surface area contributed by atoms with Crippen LogP contribution in [-0.4, -0.2) is 22.4 Å². The number of rotatable bonds is 6. The van der Waals surface area contributed by atoms with Crippen molar-refractivity contribution in [2.24, 2.45) is 0 Å². The van der Waals surface area contributed by atoms with E-state index in [-0.39, 0.29) is 10.8 Å². The summed E-state index contributed by atoms with van der Waals surface area (Å²) >= 11 is 12.0. The van der Waals surface area contributed by atoms with E-state index in [4.69, 9.17) is 23.2 Å². The third-order valence-corrected chi connectivity index (χ3v) is 7.63. The van der Waals surface area contributed by atoms with Crippen LogP contribution < -0.4 is 10.2 Å². The first kappa shape index (κ1) is 22.2. The standard InChI is InChI=1S/C24H24Cl2N2O2S/c1-15-8-9-22-23(16(15)2)28(20-6-3-4-7-21(20)31(22)30)11-5-10-27-14-17-12-18(25)13-19(26)24(17)29/h3-4,6-9,12-13,27,29H,5,10-11,14H2,1-2H3. The topological polar surface area (TPSA) is 52.6 Å². The molecule has 0 bridgehead atoms. The second-order valence-corrected chi connectivity index (χ2v) is 9.93. The molecule has 2 N–H and O–H groups in total. The number of phenolic OH excluding ortho intramolecular Hbond substituents is 1. The number of para-hydroxylation sites is 1. The highest BCUT2D eigenvalue weighted by molar-refractivity contribution is 7.85. The molecule has 0 amide bonds. The minimum atomic E-state index is -1.18. The van der Waals surface area contributed by atoms with Crippen molar-refractivity contribution in [1.82, 2.24) is 5.32 Å². The van der Waals surface area contributed by atoms with Gasteiger partial charge in [-0.3, -0.25) is 0 Å². The largest absolute Gasteiger partial charge is 0.506 e. The lowest BCUT2D eigenvalue weighted by Gasteiger charge is -2.34. The van der Waals surface area contributed by atoms with Crippen LogP contribution in [0, 0.1) is 13.8 Å². The second kappa shape index (κ2) is 9.21. The number of benzene rings is 3. The summed E-state index contributed by atoms with van der Waals surface area (Å²) < 4.78 is 13.2. The van der Waals surface area contributed by atoms with Crippen LogP contribution in [0.15, 0.2) is 58.3 Å². The summed E-state index contributed by atoms with van der Waals surface area (Å²) in [5.74, 6) is 0.0611. The van der Waals surface area contributed by atoms with E-state index in [9.17, 15) is 9.32 Å². The number of hydrogen-bond donors (Lipinski definition) is 2. The minimum absolute atomic E-state index is 0.0611. The molecule has 0 spiro atoms. The minimum Gasteiger partial charge on any atom is -0.506 e. The SMILES string of the molecule is Cc1ccc2c(c1C)N(CCCNCc1cc(Cl)cc(Cl)c1O)c1ccccc1S2=O. The maximum atomic E-state index is 13.2. The summed E-state index contributed by atoms with van der Waals surface area (Å²) in [7, 11) is -1.18. The van der Waals surface area contributed by atoms with E-state index in [1.807, 2.05) is 36.4 Å². The third-order valence-electron chi connectivity index (χ3n) is 5.65. The molecule has 31 heavy (non-hydrogen) atoms. The van der Waals surface area contributed by atoms with Crippen molar-refractivity contribution in [3.05, 3.63) is 75.3 Å². The van der Waals surface area contributed by atoms with Crippen LogP contribution in [-0.2, 0) is 17.3 Å². The van der Waals surface area contributed by atoms with Crippen LogP contribution in [0.5, 0.6) is 5.75 Å². The Balaban J connectivity index is 1.50. The number of hydrogen-bond acceptors (Lipinski definition) is 4. The Morgan fingerprint density at radius 2 is 1.84 bits per heavy atom. The van der Waals surface area contributed by atoms with Gasteiger partial charge in [0.15, 0.2) is 0 Å². The molecule has 1 heterocycles. The van der Waals surface area contributed by atoms with Crippen molar-refractivity contribution in [3.63, 3.8) is 0 Å². The summed E-state index contributed by atoms with van der Waals surface area (Å²) in [6.45, 7) is 6.17. The molecule has 4 rings (SSSR count). The van der Waals surface area contributed by atoms with Crippen LogP contribution in [0.3, 0.4) is 0 Å². The van der Waals surface area contributed by atoms with Gasteiger partial charge in [-0.05, 0) is 68.3 Å². The first-order valence-corrected chi connectivity index (χ1v) is 12.0. The molecule has 0 radical (unpaired) electrons. The zero-order valence-corrected chi connectivity index (χ0v) is 19.7. The van der Waals surface area contributed by atoms with Gasteiger partial charge in [0.1, 0.15) is 5.75 Å². The molecule has 4 nitrogen and oxygen atoms in total. The molecule has 1 atom stereocenters. The van der Waals surface area contributed by atoms with E-state index in [1.54, 1.807) is 6.07 Å². The summed E-state index contributed by atoms with van der Waals surface area (Å²) in [5, 5.41) is 14.2. The van der Waals surface area contributed by atoms with Crippen LogP contribution >= 0.6 is 23.2 Å². The molecule has 0 fully saturated rings. The number of aromatic hydroxyl groups is 1. The van der Waals surface area contributed by atoms with Crippen LogP contribution in [0.25, 0.3) is 0 Å².